The lowest BCUT2D eigenvalue weighted by molar-refractivity contribution is 0.240. The summed E-state index contributed by atoms with van der Waals surface area (Å²) in [6, 6.07) is 2.14. The van der Waals surface area contributed by atoms with E-state index in [1.807, 2.05) is 20.0 Å². The quantitative estimate of drug-likeness (QED) is 0.890. The van der Waals surface area contributed by atoms with E-state index in [0.717, 1.165) is 12.3 Å². The fourth-order valence-electron chi connectivity index (χ4n) is 2.90. The summed E-state index contributed by atoms with van der Waals surface area (Å²) in [5.41, 5.74) is 7.19. The number of rotatable bonds is 4. The summed E-state index contributed by atoms with van der Waals surface area (Å²) in [6.45, 7) is 4.85. The van der Waals surface area contributed by atoms with Crippen molar-refractivity contribution in [3.05, 3.63) is 24.0 Å². The Morgan fingerprint density at radius 2 is 2.11 bits per heavy atom. The van der Waals surface area contributed by atoms with Gasteiger partial charge in [0.25, 0.3) is 0 Å². The Morgan fingerprint density at radius 1 is 1.33 bits per heavy atom. The van der Waals surface area contributed by atoms with E-state index in [9.17, 15) is 0 Å². The van der Waals surface area contributed by atoms with Gasteiger partial charge in [0.2, 0.25) is 0 Å². The van der Waals surface area contributed by atoms with Crippen LogP contribution in [0.5, 0.6) is 5.75 Å². The second-order valence-corrected chi connectivity index (χ2v) is 5.51. The molecule has 2 N–H and O–H groups in total. The average Bonchev–Trinajstić information content (AvgIpc) is 2.38. The van der Waals surface area contributed by atoms with Gasteiger partial charge >= 0.3 is 0 Å². The van der Waals surface area contributed by atoms with Crippen molar-refractivity contribution >= 4 is 0 Å². The van der Waals surface area contributed by atoms with E-state index < -0.39 is 0 Å². The summed E-state index contributed by atoms with van der Waals surface area (Å²) < 4.78 is 5.72. The monoisotopic (exact) mass is 248 g/mol. The Hall–Kier alpha value is -1.09. The van der Waals surface area contributed by atoms with Crippen LogP contribution in [0.2, 0.25) is 0 Å². The summed E-state index contributed by atoms with van der Waals surface area (Å²) >= 11 is 0. The number of nitrogens with two attached hydrogens (primary N) is 1. The molecule has 3 heteroatoms. The maximum absolute atomic E-state index is 5.90. The van der Waals surface area contributed by atoms with Gasteiger partial charge in [0.15, 0.2) is 0 Å². The third-order valence-electron chi connectivity index (χ3n) is 3.75. The minimum Gasteiger partial charge on any atom is -0.489 e. The van der Waals surface area contributed by atoms with Gasteiger partial charge in [0.05, 0.1) is 12.3 Å². The fraction of sp³-hybridized carbons (Fsp3) is 0.667. The first-order chi connectivity index (χ1) is 8.70. The minimum atomic E-state index is 0.193. The Balaban J connectivity index is 2.15. The maximum Gasteiger partial charge on any atom is 0.138 e. The zero-order valence-corrected chi connectivity index (χ0v) is 11.4. The van der Waals surface area contributed by atoms with Crippen LogP contribution in [0, 0.1) is 5.92 Å². The van der Waals surface area contributed by atoms with Gasteiger partial charge in [-0.3, -0.25) is 4.98 Å². The van der Waals surface area contributed by atoms with E-state index in [1.54, 1.807) is 6.20 Å². The molecule has 1 fully saturated rings. The second kappa shape index (κ2) is 6.19. The van der Waals surface area contributed by atoms with E-state index in [4.69, 9.17) is 10.5 Å². The van der Waals surface area contributed by atoms with Crippen LogP contribution in [0.3, 0.4) is 0 Å². The Labute approximate surface area is 110 Å². The molecule has 3 nitrogen and oxygen atoms in total. The highest BCUT2D eigenvalue weighted by molar-refractivity contribution is 5.27. The lowest BCUT2D eigenvalue weighted by Crippen LogP contribution is -2.25. The van der Waals surface area contributed by atoms with E-state index in [-0.39, 0.29) is 6.10 Å². The number of pyridine rings is 1. The van der Waals surface area contributed by atoms with Gasteiger partial charge in [-0.25, -0.2) is 0 Å². The number of hydrogen-bond acceptors (Lipinski definition) is 3. The van der Waals surface area contributed by atoms with Gasteiger partial charge in [-0.1, -0.05) is 12.8 Å². The molecule has 0 radical (unpaired) electrons. The van der Waals surface area contributed by atoms with Gasteiger partial charge < -0.3 is 10.5 Å². The fourth-order valence-corrected chi connectivity index (χ4v) is 2.90. The molecule has 1 aliphatic rings. The molecule has 2 unspecified atom stereocenters. The molecule has 0 aliphatic heterocycles. The van der Waals surface area contributed by atoms with Gasteiger partial charge in [-0.2, -0.15) is 0 Å². The SMILES string of the molecule is CC(C)Oc1cncc(C2CCCCC2CN)c1. The van der Waals surface area contributed by atoms with Crippen molar-refractivity contribution in [3.63, 3.8) is 0 Å². The molecule has 2 atom stereocenters. The molecule has 100 valence electrons. The second-order valence-electron chi connectivity index (χ2n) is 5.51. The molecule has 0 amide bonds. The van der Waals surface area contributed by atoms with Crippen molar-refractivity contribution in [1.29, 1.82) is 0 Å². The van der Waals surface area contributed by atoms with Gasteiger partial charge in [0, 0.05) is 6.20 Å². The third kappa shape index (κ3) is 3.22. The van der Waals surface area contributed by atoms with Crippen molar-refractivity contribution in [2.45, 2.75) is 51.6 Å². The molecule has 1 aromatic heterocycles. The van der Waals surface area contributed by atoms with E-state index in [1.165, 1.54) is 31.2 Å². The van der Waals surface area contributed by atoms with Gasteiger partial charge in [-0.15, -0.1) is 0 Å². The molecule has 1 saturated carbocycles. The van der Waals surface area contributed by atoms with Crippen molar-refractivity contribution in [1.82, 2.24) is 4.98 Å². The van der Waals surface area contributed by atoms with Crippen LogP contribution in [-0.2, 0) is 0 Å². The first-order valence-corrected chi connectivity index (χ1v) is 7.02. The van der Waals surface area contributed by atoms with Crippen LogP contribution in [0.4, 0.5) is 0 Å². The van der Waals surface area contributed by atoms with E-state index >= 15 is 0 Å². The first-order valence-electron chi connectivity index (χ1n) is 7.02. The molecular weight excluding hydrogens is 224 g/mol. The Bertz CT molecular complexity index is 379. The molecule has 0 spiro atoms. The highest BCUT2D eigenvalue weighted by atomic mass is 16.5. The van der Waals surface area contributed by atoms with Crippen LogP contribution in [-0.4, -0.2) is 17.6 Å². The third-order valence-corrected chi connectivity index (χ3v) is 3.75. The summed E-state index contributed by atoms with van der Waals surface area (Å²) in [4.78, 5) is 4.32. The zero-order valence-electron chi connectivity index (χ0n) is 11.4. The van der Waals surface area contributed by atoms with Crippen LogP contribution in [0.1, 0.15) is 51.0 Å². The van der Waals surface area contributed by atoms with Crippen molar-refractivity contribution in [2.75, 3.05) is 6.54 Å². The Kier molecular flexibility index (Phi) is 4.59. The summed E-state index contributed by atoms with van der Waals surface area (Å²) in [7, 11) is 0. The molecule has 1 aromatic rings. The van der Waals surface area contributed by atoms with Gasteiger partial charge in [0.1, 0.15) is 5.75 Å². The van der Waals surface area contributed by atoms with Crippen LogP contribution >= 0.6 is 0 Å². The normalized spacial score (nSPS) is 24.2. The minimum absolute atomic E-state index is 0.193. The van der Waals surface area contributed by atoms with E-state index in [0.29, 0.717) is 11.8 Å². The lowest BCUT2D eigenvalue weighted by atomic mass is 9.76. The highest BCUT2D eigenvalue weighted by Crippen LogP contribution is 2.37. The summed E-state index contributed by atoms with van der Waals surface area (Å²) in [5.74, 6) is 2.05. The number of ether oxygens (including phenoxy) is 1. The topological polar surface area (TPSA) is 48.1 Å². The molecule has 2 rings (SSSR count). The maximum atomic E-state index is 5.90. The van der Waals surface area contributed by atoms with Crippen molar-refractivity contribution in [2.24, 2.45) is 11.7 Å². The number of aromatic nitrogens is 1. The van der Waals surface area contributed by atoms with Crippen LogP contribution in [0.25, 0.3) is 0 Å². The molecule has 0 aromatic carbocycles. The first kappa shape index (κ1) is 13.3. The molecule has 1 aliphatic carbocycles. The summed E-state index contributed by atoms with van der Waals surface area (Å²) in [5, 5.41) is 0. The van der Waals surface area contributed by atoms with E-state index in [2.05, 4.69) is 11.1 Å². The summed E-state index contributed by atoms with van der Waals surface area (Å²) in [6.07, 6.45) is 9.06. The smallest absolute Gasteiger partial charge is 0.138 e. The lowest BCUT2D eigenvalue weighted by Gasteiger charge is -2.31. The predicted molar refractivity (Wildman–Crippen MR) is 73.8 cm³/mol. The number of hydrogen-bond donors (Lipinski definition) is 1. The van der Waals surface area contributed by atoms with Crippen molar-refractivity contribution < 1.29 is 4.74 Å². The molecule has 18 heavy (non-hydrogen) atoms. The standard InChI is InChI=1S/C15H24N2O/c1-11(2)18-14-7-13(9-17-10-14)15-6-4-3-5-12(15)8-16/h7,9-12,15H,3-6,8,16H2,1-2H3. The predicted octanol–water partition coefficient (Wildman–Crippen LogP) is 3.10. The Morgan fingerprint density at radius 3 is 2.83 bits per heavy atom. The van der Waals surface area contributed by atoms with Gasteiger partial charge in [-0.05, 0) is 56.7 Å². The van der Waals surface area contributed by atoms with Crippen molar-refractivity contribution in [3.8, 4) is 5.75 Å². The molecule has 0 saturated heterocycles. The van der Waals surface area contributed by atoms with Crippen LogP contribution < -0.4 is 10.5 Å². The van der Waals surface area contributed by atoms with Crippen LogP contribution in [0.15, 0.2) is 18.5 Å². The molecular formula is C15H24N2O. The zero-order chi connectivity index (χ0) is 13.0. The largest absolute Gasteiger partial charge is 0.489 e. The highest BCUT2D eigenvalue weighted by Gasteiger charge is 2.25. The molecule has 1 heterocycles. The molecule has 0 bridgehead atoms. The number of nitrogens with zero attached hydrogens (tertiary/aromatic N) is 1. The average molecular weight is 248 g/mol.